The number of fused-ring (bicyclic) bond motifs is 6. The molecule has 0 bridgehead atoms. The predicted octanol–water partition coefficient (Wildman–Crippen LogP) is 5.28. The average molecular weight is 790 g/mol. The maximum atomic E-state index is 13.7. The van der Waals surface area contributed by atoms with E-state index in [0.717, 1.165) is 34.8 Å². The van der Waals surface area contributed by atoms with Gasteiger partial charge >= 0.3 is 11.9 Å². The molecular formula is C46H51N3O9. The second-order valence-electron chi connectivity index (χ2n) is 17.7. The van der Waals surface area contributed by atoms with Crippen molar-refractivity contribution in [1.82, 2.24) is 9.88 Å². The van der Waals surface area contributed by atoms with Gasteiger partial charge in [-0.1, -0.05) is 55.8 Å². The van der Waals surface area contributed by atoms with Crippen molar-refractivity contribution in [2.45, 2.75) is 76.7 Å². The van der Waals surface area contributed by atoms with Gasteiger partial charge in [-0.2, -0.15) is 0 Å². The van der Waals surface area contributed by atoms with Gasteiger partial charge in [0.05, 0.1) is 17.9 Å². The molecule has 5 aliphatic rings. The number of ether oxygens (including phenoxy) is 2. The van der Waals surface area contributed by atoms with Crippen LogP contribution in [0.5, 0.6) is 0 Å². The van der Waals surface area contributed by atoms with Crippen LogP contribution in [-0.4, -0.2) is 81.9 Å². The molecule has 0 radical (unpaired) electrons. The van der Waals surface area contributed by atoms with Crippen molar-refractivity contribution in [3.8, 4) is 0 Å². The van der Waals surface area contributed by atoms with Crippen molar-refractivity contribution >= 4 is 45.9 Å². The smallest absolute Gasteiger partial charge is 0.310 e. The van der Waals surface area contributed by atoms with Crippen LogP contribution in [-0.2, 0) is 40.1 Å². The van der Waals surface area contributed by atoms with Crippen molar-refractivity contribution in [3.63, 3.8) is 0 Å². The lowest BCUT2D eigenvalue weighted by Crippen LogP contribution is -2.61. The first kappa shape index (κ1) is 39.8. The number of carbonyl (C=O) groups excluding carboxylic acids is 5. The van der Waals surface area contributed by atoms with Gasteiger partial charge in [0.2, 0.25) is 11.7 Å². The highest BCUT2D eigenvalue weighted by Crippen LogP contribution is 2.67. The molecule has 304 valence electrons. The number of nitrogens with zero attached hydrogens (tertiary/aromatic N) is 2. The summed E-state index contributed by atoms with van der Waals surface area (Å²) >= 11 is 0. The molecule has 3 unspecified atom stereocenters. The molecule has 10 atom stereocenters. The Balaban J connectivity index is 0.822. The molecule has 4 fully saturated rings. The van der Waals surface area contributed by atoms with Crippen LogP contribution in [0.2, 0.25) is 0 Å². The molecule has 12 nitrogen and oxygen atoms in total. The number of likely N-dealkylation sites (N-methyl/N-ethyl adjacent to an activating group) is 1. The fourth-order valence-electron chi connectivity index (χ4n) is 11.0. The van der Waals surface area contributed by atoms with Crippen molar-refractivity contribution in [3.05, 3.63) is 95.9 Å². The van der Waals surface area contributed by atoms with Gasteiger partial charge in [0.25, 0.3) is 0 Å². The van der Waals surface area contributed by atoms with Crippen LogP contribution in [0.3, 0.4) is 0 Å². The maximum absolute atomic E-state index is 13.7. The summed E-state index contributed by atoms with van der Waals surface area (Å²) in [6.07, 6.45) is 10.6. The van der Waals surface area contributed by atoms with E-state index in [1.807, 2.05) is 68.4 Å². The number of allylic oxidation sites excluding steroid dienone is 4. The van der Waals surface area contributed by atoms with Gasteiger partial charge in [-0.3, -0.25) is 33.9 Å². The van der Waals surface area contributed by atoms with E-state index in [0.29, 0.717) is 17.7 Å². The Kier molecular flexibility index (Phi) is 10.3. The first-order valence-corrected chi connectivity index (χ1v) is 20.2. The van der Waals surface area contributed by atoms with E-state index in [1.54, 1.807) is 36.7 Å². The molecule has 0 aliphatic heterocycles. The number of pyridine rings is 1. The number of aromatic nitrogens is 1. The quantitative estimate of drug-likeness (QED) is 0.216. The Morgan fingerprint density at radius 1 is 0.983 bits per heavy atom. The van der Waals surface area contributed by atoms with Gasteiger partial charge < -0.3 is 25.0 Å². The van der Waals surface area contributed by atoms with E-state index in [2.05, 4.69) is 17.2 Å². The summed E-state index contributed by atoms with van der Waals surface area (Å²) in [5, 5.41) is 28.6. The number of esters is 2. The zero-order valence-corrected chi connectivity index (χ0v) is 33.4. The number of hydrogen-bond acceptors (Lipinski definition) is 11. The monoisotopic (exact) mass is 789 g/mol. The molecule has 1 amide bonds. The summed E-state index contributed by atoms with van der Waals surface area (Å²) in [4.78, 5) is 71.1. The summed E-state index contributed by atoms with van der Waals surface area (Å²) in [6.45, 7) is 3.31. The molecule has 3 aromatic rings. The fourth-order valence-corrected chi connectivity index (χ4v) is 11.0. The van der Waals surface area contributed by atoms with Crippen LogP contribution in [0.25, 0.3) is 10.8 Å². The summed E-state index contributed by atoms with van der Waals surface area (Å²) in [6, 6.07) is 14.2. The average Bonchev–Trinajstić information content (AvgIpc) is 3.95. The second kappa shape index (κ2) is 15.0. The number of anilines is 1. The minimum atomic E-state index is -1.78. The molecule has 1 aromatic heterocycles. The summed E-state index contributed by atoms with van der Waals surface area (Å²) in [7, 11) is 3.65. The lowest BCUT2D eigenvalue weighted by atomic mass is 9.46. The summed E-state index contributed by atoms with van der Waals surface area (Å²) in [5.41, 5.74) is 0.0263. The number of hydrogen-bond donors (Lipinski definition) is 3. The number of Topliss-reactive ketones (excluding diaryl/α,β-unsaturated/α-hetero) is 1. The van der Waals surface area contributed by atoms with E-state index in [9.17, 15) is 34.2 Å². The lowest BCUT2D eigenvalue weighted by Gasteiger charge is -2.59. The van der Waals surface area contributed by atoms with Gasteiger partial charge in [0.1, 0.15) is 18.2 Å². The lowest BCUT2D eigenvalue weighted by molar-refractivity contribution is -0.181. The zero-order chi connectivity index (χ0) is 41.1. The highest BCUT2D eigenvalue weighted by molar-refractivity contribution is 6.01. The number of ketones is 2. The van der Waals surface area contributed by atoms with Gasteiger partial charge in [0, 0.05) is 40.2 Å². The van der Waals surface area contributed by atoms with Crippen LogP contribution in [0, 0.1) is 40.4 Å². The summed E-state index contributed by atoms with van der Waals surface area (Å²) < 4.78 is 11.0. The first-order valence-electron chi connectivity index (χ1n) is 20.2. The minimum Gasteiger partial charge on any atom is -0.461 e. The van der Waals surface area contributed by atoms with Crippen LogP contribution < -0.4 is 5.32 Å². The number of nitrogens with one attached hydrogen (secondary N) is 1. The molecule has 12 heteroatoms. The zero-order valence-electron chi connectivity index (χ0n) is 33.4. The van der Waals surface area contributed by atoms with Gasteiger partial charge in [-0.05, 0) is 111 Å². The van der Waals surface area contributed by atoms with E-state index in [1.165, 1.54) is 0 Å². The molecule has 0 spiro atoms. The van der Waals surface area contributed by atoms with E-state index < -0.39 is 64.7 Å². The molecule has 2 aromatic carbocycles. The van der Waals surface area contributed by atoms with Crippen molar-refractivity contribution in [2.24, 2.45) is 40.4 Å². The van der Waals surface area contributed by atoms with Crippen molar-refractivity contribution in [2.75, 3.05) is 26.0 Å². The normalized spacial score (nSPS) is 32.7. The molecule has 3 N–H and O–H groups in total. The predicted molar refractivity (Wildman–Crippen MR) is 214 cm³/mol. The Bertz CT molecular complexity index is 2230. The molecule has 8 rings (SSSR count). The fraction of sp³-hybridized carbons (Fsp3) is 0.478. The van der Waals surface area contributed by atoms with Gasteiger partial charge in [-0.15, -0.1) is 0 Å². The number of rotatable bonds is 11. The molecule has 5 aliphatic carbocycles. The van der Waals surface area contributed by atoms with E-state index in [4.69, 9.17) is 9.47 Å². The van der Waals surface area contributed by atoms with Crippen LogP contribution in [0.15, 0.2) is 84.7 Å². The molecule has 0 saturated heterocycles. The highest BCUT2D eigenvalue weighted by atomic mass is 16.5. The molecular weight excluding hydrogens is 739 g/mol. The first-order chi connectivity index (χ1) is 27.6. The Morgan fingerprint density at radius 3 is 2.47 bits per heavy atom. The Morgan fingerprint density at radius 2 is 1.72 bits per heavy atom. The topological polar surface area (TPSA) is 172 Å². The number of carbonyl (C=O) groups is 5. The molecule has 58 heavy (non-hydrogen) atoms. The standard InChI is InChI=1S/C46H51N3O9/c1-44-16-13-32(50)20-30(44)10-12-33-36-14-17-46(56,45(36,2)22-37(51)39(33)44)38(52)25-58-43(55)35-21-34(35)42(54)57-24-26-5-7-27(8-6-26)40(49(3)4)41(53)48-31-11-9-29-23-47-18-15-28(29)19-31/h5-9,11,13,15-16,18-20,23,33-37,39-40,51,56H,10,12,14,17,21-22,24-25H2,1-4H3,(H,48,53)/t33-,34?,35?,36-,37-,39+,40?,44-,45-,46-/m0/s1. The van der Waals surface area contributed by atoms with E-state index >= 15 is 0 Å². The van der Waals surface area contributed by atoms with Gasteiger partial charge in [-0.25, -0.2) is 0 Å². The SMILES string of the molecule is CN(C)C(C(=O)Nc1ccc2cnccc2c1)c1ccc(COC(=O)C2CC2C(=O)OCC(=O)[C@@]2(O)CC[C@H]3[C@@H]4CCC5=CC(=O)C=C[C@]5(C)[C@H]4[C@@H](O)C[C@@]32C)cc1. The van der Waals surface area contributed by atoms with E-state index in [-0.39, 0.29) is 55.3 Å². The number of benzene rings is 2. The third kappa shape index (κ3) is 6.88. The Labute approximate surface area is 337 Å². The van der Waals surface area contributed by atoms with Crippen LogP contribution in [0.4, 0.5) is 5.69 Å². The third-order valence-electron chi connectivity index (χ3n) is 14.2. The van der Waals surface area contributed by atoms with Crippen molar-refractivity contribution < 1.29 is 43.7 Å². The van der Waals surface area contributed by atoms with Crippen LogP contribution in [0.1, 0.15) is 69.5 Å². The second-order valence-corrected chi connectivity index (χ2v) is 17.7. The highest BCUT2D eigenvalue weighted by Gasteiger charge is 2.68. The number of aliphatic hydroxyl groups is 2. The van der Waals surface area contributed by atoms with Crippen molar-refractivity contribution in [1.29, 1.82) is 0 Å². The van der Waals surface area contributed by atoms with Crippen LogP contribution >= 0.6 is 0 Å². The largest absolute Gasteiger partial charge is 0.461 e. The summed E-state index contributed by atoms with van der Waals surface area (Å²) in [5.74, 6) is -3.58. The maximum Gasteiger partial charge on any atom is 0.310 e. The molecule has 4 saturated carbocycles. The minimum absolute atomic E-state index is 0.0215. The Hall–Kier alpha value is -5.04. The number of amides is 1. The van der Waals surface area contributed by atoms with Gasteiger partial charge in [0.15, 0.2) is 12.4 Å². The molecule has 1 heterocycles. The third-order valence-corrected chi connectivity index (χ3v) is 14.2. The number of aliphatic hydroxyl groups excluding tert-OH is 1.